The second-order valence-corrected chi connectivity index (χ2v) is 9.07. The van der Waals surface area contributed by atoms with Crippen LogP contribution >= 0.6 is 15.9 Å². The Morgan fingerprint density at radius 3 is 2.58 bits per heavy atom. The Balaban J connectivity index is 1.88. The Bertz CT molecular complexity index is 1330. The second kappa shape index (κ2) is 10.8. The summed E-state index contributed by atoms with van der Waals surface area (Å²) in [6, 6.07) is 12.4. The van der Waals surface area contributed by atoms with Gasteiger partial charge in [-0.2, -0.15) is 0 Å². The fourth-order valence-corrected chi connectivity index (χ4v) is 4.55. The van der Waals surface area contributed by atoms with Crippen LogP contribution in [0, 0.1) is 0 Å². The molecule has 8 nitrogen and oxygen atoms in total. The summed E-state index contributed by atoms with van der Waals surface area (Å²) in [6.07, 6.45) is 4.01. The van der Waals surface area contributed by atoms with Crippen LogP contribution in [-0.4, -0.2) is 45.5 Å². The number of hydrogen-bond donors (Lipinski definition) is 2. The highest BCUT2D eigenvalue weighted by molar-refractivity contribution is 9.10. The van der Waals surface area contributed by atoms with E-state index >= 15 is 0 Å². The standard InChI is InChI=1S/C27H25BrN2O6/c1-3-11-36-19-6-4-5-17(12-19)24(31)22-23(18-13-20(28)25(32)21(14-18)35-2)30(27(34)26(22)33)15-16-7-9-29-10-8-16/h4-10,12-14,23,31-32H,3,11,15H2,1-2H3. The topological polar surface area (TPSA) is 109 Å². The fourth-order valence-electron chi connectivity index (χ4n) is 4.09. The normalized spacial score (nSPS) is 16.9. The lowest BCUT2D eigenvalue weighted by Crippen LogP contribution is -2.29. The van der Waals surface area contributed by atoms with Crippen molar-refractivity contribution in [2.45, 2.75) is 25.9 Å². The number of ketones is 1. The number of aromatic nitrogens is 1. The molecule has 1 fully saturated rings. The van der Waals surface area contributed by atoms with Crippen LogP contribution in [0.1, 0.15) is 36.1 Å². The average Bonchev–Trinajstić information content (AvgIpc) is 3.14. The van der Waals surface area contributed by atoms with Crippen LogP contribution in [0.2, 0.25) is 0 Å². The number of methoxy groups -OCH3 is 1. The van der Waals surface area contributed by atoms with Gasteiger partial charge in [-0.3, -0.25) is 14.6 Å². The third kappa shape index (κ3) is 4.92. The van der Waals surface area contributed by atoms with Gasteiger partial charge in [0.15, 0.2) is 11.5 Å². The molecule has 1 aromatic heterocycles. The van der Waals surface area contributed by atoms with Gasteiger partial charge < -0.3 is 24.6 Å². The van der Waals surface area contributed by atoms with Gasteiger partial charge in [0, 0.05) is 24.5 Å². The van der Waals surface area contributed by atoms with Crippen LogP contribution in [0.25, 0.3) is 5.76 Å². The lowest BCUT2D eigenvalue weighted by Gasteiger charge is -2.26. The van der Waals surface area contributed by atoms with Crippen molar-refractivity contribution >= 4 is 33.4 Å². The van der Waals surface area contributed by atoms with E-state index in [0.717, 1.165) is 12.0 Å². The van der Waals surface area contributed by atoms with Crippen molar-refractivity contribution in [1.82, 2.24) is 9.88 Å². The van der Waals surface area contributed by atoms with Gasteiger partial charge >= 0.3 is 0 Å². The highest BCUT2D eigenvalue weighted by atomic mass is 79.9. The molecule has 1 aliphatic heterocycles. The summed E-state index contributed by atoms with van der Waals surface area (Å²) in [5, 5.41) is 21.7. The maximum Gasteiger partial charge on any atom is 0.295 e. The number of aromatic hydroxyl groups is 1. The largest absolute Gasteiger partial charge is 0.507 e. The van der Waals surface area contributed by atoms with Crippen molar-refractivity contribution in [3.8, 4) is 17.2 Å². The number of carbonyl (C=O) groups excluding carboxylic acids is 2. The smallest absolute Gasteiger partial charge is 0.295 e. The first-order chi connectivity index (χ1) is 17.3. The molecule has 1 unspecified atom stereocenters. The van der Waals surface area contributed by atoms with Crippen LogP contribution < -0.4 is 9.47 Å². The zero-order chi connectivity index (χ0) is 25.8. The summed E-state index contributed by atoms with van der Waals surface area (Å²) in [6.45, 7) is 2.59. The Morgan fingerprint density at radius 2 is 1.89 bits per heavy atom. The SMILES string of the molecule is CCCOc1cccc(C(O)=C2C(=O)C(=O)N(Cc3ccncc3)C2c2cc(Br)c(O)c(OC)c2)c1. The molecule has 9 heteroatoms. The van der Waals surface area contributed by atoms with Crippen molar-refractivity contribution in [3.63, 3.8) is 0 Å². The van der Waals surface area contributed by atoms with Crippen LogP contribution in [0.5, 0.6) is 17.2 Å². The number of ether oxygens (including phenoxy) is 2. The Kier molecular flexibility index (Phi) is 7.59. The van der Waals surface area contributed by atoms with Gasteiger partial charge in [-0.25, -0.2) is 0 Å². The summed E-state index contributed by atoms with van der Waals surface area (Å²) in [5.41, 5.74) is 1.52. The molecule has 0 radical (unpaired) electrons. The van der Waals surface area contributed by atoms with Crippen LogP contribution in [0.3, 0.4) is 0 Å². The van der Waals surface area contributed by atoms with E-state index in [-0.39, 0.29) is 29.4 Å². The number of benzene rings is 2. The third-order valence-corrected chi connectivity index (χ3v) is 6.41. The number of likely N-dealkylation sites (tertiary alicyclic amines) is 1. The number of rotatable bonds is 8. The number of aliphatic hydroxyl groups is 1. The Morgan fingerprint density at radius 1 is 1.14 bits per heavy atom. The van der Waals surface area contributed by atoms with Crippen molar-refractivity contribution in [1.29, 1.82) is 0 Å². The minimum atomic E-state index is -0.941. The molecule has 1 amide bonds. The Labute approximate surface area is 216 Å². The zero-order valence-corrected chi connectivity index (χ0v) is 21.4. The molecule has 186 valence electrons. The van der Waals surface area contributed by atoms with E-state index < -0.39 is 17.7 Å². The quantitative estimate of drug-likeness (QED) is 0.230. The molecule has 36 heavy (non-hydrogen) atoms. The molecule has 0 spiro atoms. The van der Waals surface area contributed by atoms with Crippen LogP contribution in [-0.2, 0) is 16.1 Å². The number of Topliss-reactive ketones (excluding diaryl/α,β-unsaturated/α-hetero) is 1. The van der Waals surface area contributed by atoms with Gasteiger partial charge in [0.1, 0.15) is 11.5 Å². The van der Waals surface area contributed by atoms with E-state index in [1.165, 1.54) is 12.0 Å². The van der Waals surface area contributed by atoms with Gasteiger partial charge in [0.2, 0.25) is 0 Å². The monoisotopic (exact) mass is 552 g/mol. The first-order valence-corrected chi connectivity index (χ1v) is 12.1. The number of nitrogens with zero attached hydrogens (tertiary/aromatic N) is 2. The van der Waals surface area contributed by atoms with E-state index in [9.17, 15) is 19.8 Å². The first kappa shape index (κ1) is 25.2. The van der Waals surface area contributed by atoms with Gasteiger partial charge in [-0.15, -0.1) is 0 Å². The summed E-state index contributed by atoms with van der Waals surface area (Å²) in [5.74, 6) is -1.30. The molecule has 0 bridgehead atoms. The highest BCUT2D eigenvalue weighted by Gasteiger charge is 2.46. The number of aliphatic hydroxyl groups excluding tert-OH is 1. The number of phenolic OH excluding ortho intramolecular Hbond substituents is 1. The van der Waals surface area contributed by atoms with E-state index in [1.54, 1.807) is 60.9 Å². The van der Waals surface area contributed by atoms with Gasteiger partial charge in [-0.1, -0.05) is 19.1 Å². The van der Waals surface area contributed by atoms with Gasteiger partial charge in [0.05, 0.1) is 29.8 Å². The zero-order valence-electron chi connectivity index (χ0n) is 19.8. The number of halogens is 1. The number of hydrogen-bond acceptors (Lipinski definition) is 7. The van der Waals surface area contributed by atoms with Crippen molar-refractivity contribution < 1.29 is 29.3 Å². The average molecular weight is 553 g/mol. The predicted octanol–water partition coefficient (Wildman–Crippen LogP) is 4.97. The van der Waals surface area contributed by atoms with Gasteiger partial charge in [-0.05, 0) is 69.9 Å². The molecule has 0 aliphatic carbocycles. The van der Waals surface area contributed by atoms with Crippen LogP contribution in [0.15, 0.2) is 71.0 Å². The van der Waals surface area contributed by atoms with E-state index in [4.69, 9.17) is 9.47 Å². The lowest BCUT2D eigenvalue weighted by molar-refractivity contribution is -0.140. The first-order valence-electron chi connectivity index (χ1n) is 11.3. The lowest BCUT2D eigenvalue weighted by atomic mass is 9.94. The van der Waals surface area contributed by atoms with Crippen LogP contribution in [0.4, 0.5) is 0 Å². The van der Waals surface area contributed by atoms with Crippen molar-refractivity contribution in [3.05, 3.63) is 87.7 Å². The summed E-state index contributed by atoms with van der Waals surface area (Å²) >= 11 is 3.32. The Hall–Kier alpha value is -3.85. The van der Waals surface area contributed by atoms with Gasteiger partial charge in [0.25, 0.3) is 11.7 Å². The molecule has 2 N–H and O–H groups in total. The summed E-state index contributed by atoms with van der Waals surface area (Å²) < 4.78 is 11.3. The molecule has 2 heterocycles. The molecule has 1 atom stereocenters. The number of carbonyl (C=O) groups is 2. The molecule has 4 rings (SSSR count). The molecular weight excluding hydrogens is 528 g/mol. The predicted molar refractivity (Wildman–Crippen MR) is 137 cm³/mol. The minimum Gasteiger partial charge on any atom is -0.507 e. The molecule has 0 saturated carbocycles. The summed E-state index contributed by atoms with van der Waals surface area (Å²) in [4.78, 5) is 32.0. The summed E-state index contributed by atoms with van der Waals surface area (Å²) in [7, 11) is 1.40. The molecular formula is C27H25BrN2O6. The molecule has 1 aliphatic rings. The van der Waals surface area contributed by atoms with Crippen molar-refractivity contribution in [2.24, 2.45) is 0 Å². The van der Waals surface area contributed by atoms with E-state index in [1.807, 2.05) is 6.92 Å². The molecule has 1 saturated heterocycles. The second-order valence-electron chi connectivity index (χ2n) is 8.21. The van der Waals surface area contributed by atoms with E-state index in [2.05, 4.69) is 20.9 Å². The maximum atomic E-state index is 13.3. The third-order valence-electron chi connectivity index (χ3n) is 5.81. The van der Waals surface area contributed by atoms with Crippen molar-refractivity contribution in [2.75, 3.05) is 13.7 Å². The maximum absolute atomic E-state index is 13.3. The fraction of sp³-hybridized carbons (Fsp3) is 0.222. The minimum absolute atomic E-state index is 0.0682. The number of phenols is 1. The highest BCUT2D eigenvalue weighted by Crippen LogP contribution is 2.45. The number of pyridine rings is 1. The van der Waals surface area contributed by atoms with E-state index in [0.29, 0.717) is 28.0 Å². The molecule has 2 aromatic carbocycles. The number of amides is 1. The molecule has 3 aromatic rings.